The number of guanidine groups is 1. The number of ether oxygens (including phenoxy) is 4. The maximum Gasteiger partial charge on any atom is 0.306 e. The topological polar surface area (TPSA) is 283 Å². The van der Waals surface area contributed by atoms with Crippen molar-refractivity contribution in [3.63, 3.8) is 0 Å². The van der Waals surface area contributed by atoms with Crippen LogP contribution >= 0.6 is 21.6 Å². The first-order chi connectivity index (χ1) is 38.9. The summed E-state index contributed by atoms with van der Waals surface area (Å²) in [6.45, 7) is 4.26. The molecule has 1 aromatic carbocycles. The molecule has 18 atom stereocenters. The van der Waals surface area contributed by atoms with Gasteiger partial charge in [0.25, 0.3) is 0 Å². The van der Waals surface area contributed by atoms with Gasteiger partial charge in [-0.15, -0.1) is 0 Å². The molecular formula is C61H93N5O13S2. The molecule has 0 radical (unpaired) electrons. The first-order valence-corrected chi connectivity index (χ1v) is 33.1. The van der Waals surface area contributed by atoms with Gasteiger partial charge in [0, 0.05) is 72.5 Å². The number of benzene rings is 1. The molecule has 11 rings (SSSR count). The predicted molar refractivity (Wildman–Crippen MR) is 312 cm³/mol. The number of nitrogens with one attached hydrogen (secondary N) is 3. The molecule has 5 saturated carbocycles. The molecule has 18 nitrogen and oxygen atoms in total. The summed E-state index contributed by atoms with van der Waals surface area (Å²) in [5, 5.41) is 101. The predicted octanol–water partition coefficient (Wildman–Crippen LogP) is 5.63. The third-order valence-corrected chi connectivity index (χ3v) is 25.7. The summed E-state index contributed by atoms with van der Waals surface area (Å²) in [5.74, 6) is -0.985. The van der Waals surface area contributed by atoms with Gasteiger partial charge in [-0.2, -0.15) is 0 Å². The zero-order valence-electron chi connectivity index (χ0n) is 48.1. The van der Waals surface area contributed by atoms with Crippen LogP contribution in [-0.4, -0.2) is 164 Å². The molecule has 81 heavy (non-hydrogen) atoms. The Labute approximate surface area is 485 Å². The average Bonchev–Trinajstić information content (AvgIpc) is 1.67. The highest BCUT2D eigenvalue weighted by Crippen LogP contribution is 2.71. The van der Waals surface area contributed by atoms with Crippen LogP contribution in [0.5, 0.6) is 11.5 Å². The van der Waals surface area contributed by atoms with Crippen LogP contribution in [0.1, 0.15) is 141 Å². The lowest BCUT2D eigenvalue weighted by Gasteiger charge is -2.67. The second-order valence-corrected chi connectivity index (χ2v) is 29.1. The van der Waals surface area contributed by atoms with Gasteiger partial charge < -0.3 is 80.8 Å². The fourth-order valence-corrected chi connectivity index (χ4v) is 22.3. The van der Waals surface area contributed by atoms with E-state index in [4.69, 9.17) is 29.1 Å². The van der Waals surface area contributed by atoms with E-state index in [0.29, 0.717) is 72.6 Å². The highest BCUT2D eigenvalue weighted by Gasteiger charge is 2.78. The Bertz CT molecular complexity index is 2600. The Morgan fingerprint density at radius 1 is 0.988 bits per heavy atom. The zero-order valence-corrected chi connectivity index (χ0v) is 49.7. The highest BCUT2D eigenvalue weighted by molar-refractivity contribution is 8.77. The van der Waals surface area contributed by atoms with Crippen LogP contribution < -0.4 is 31.2 Å². The van der Waals surface area contributed by atoms with Gasteiger partial charge in [0.15, 0.2) is 22.9 Å². The van der Waals surface area contributed by atoms with Gasteiger partial charge in [0.1, 0.15) is 23.9 Å². The van der Waals surface area contributed by atoms with E-state index in [9.17, 15) is 40.5 Å². The number of esters is 1. The van der Waals surface area contributed by atoms with Crippen LogP contribution in [0.25, 0.3) is 11.0 Å². The van der Waals surface area contributed by atoms with Crippen molar-refractivity contribution < 1.29 is 63.9 Å². The number of aliphatic imine (C=N–C) groups is 1. The quantitative estimate of drug-likeness (QED) is 0.0452. The van der Waals surface area contributed by atoms with Crippen LogP contribution in [0, 0.1) is 46.8 Å². The van der Waals surface area contributed by atoms with E-state index in [0.717, 1.165) is 64.2 Å². The first kappa shape index (κ1) is 59.9. The van der Waals surface area contributed by atoms with Crippen molar-refractivity contribution in [1.82, 2.24) is 16.0 Å². The lowest BCUT2D eigenvalue weighted by molar-refractivity contribution is -0.424. The molecule has 3 aliphatic heterocycles. The van der Waals surface area contributed by atoms with Crippen LogP contribution in [0.4, 0.5) is 0 Å². The minimum absolute atomic E-state index is 0.00881. The molecule has 2 aromatic rings. The minimum atomic E-state index is -2.51. The molecule has 2 saturated heterocycles. The molecule has 3 spiro atoms. The molecule has 452 valence electrons. The number of aliphatic hydroxyl groups excluding tert-OH is 4. The van der Waals surface area contributed by atoms with Crippen LogP contribution in [0.15, 0.2) is 40.0 Å². The SMILES string of the molecule is CCOC(=O)CCc1cc2ccoc2c2c1OC1OC3(CSSC4(CCC5(CC6CCC(NC)C6C5)C4CCC4(O)CCC(NC(N)=NC)CC4)C(CCC(C)CCCC3O)NCCO2)C2(O)CC3C=CC(O)C(CO)C3C1(O)C2O. The second-order valence-electron chi connectivity index (χ2n) is 26.4. The number of allylic oxidation sites excluding steroid dienone is 1. The Hall–Kier alpha value is -2.86. The number of rotatable bonds is 10. The lowest BCUT2D eigenvalue weighted by Crippen LogP contribution is -2.86. The summed E-state index contributed by atoms with van der Waals surface area (Å²) in [6, 6.07) is 4.19. The molecule has 1 aromatic heterocycles. The van der Waals surface area contributed by atoms with Gasteiger partial charge in [-0.05, 0) is 176 Å². The van der Waals surface area contributed by atoms with E-state index in [1.54, 1.807) is 49.2 Å². The molecule has 7 fully saturated rings. The number of carbonyl (C=O) groups excluding carboxylic acids is 1. The van der Waals surface area contributed by atoms with Crippen molar-refractivity contribution in [2.75, 3.05) is 46.2 Å². The number of furan rings is 1. The summed E-state index contributed by atoms with van der Waals surface area (Å²) in [6.07, 6.45) is 12.6. The Kier molecular flexibility index (Phi) is 17.6. The van der Waals surface area contributed by atoms with Crippen molar-refractivity contribution in [2.24, 2.45) is 57.6 Å². The lowest BCUT2D eigenvalue weighted by atomic mass is 9.50. The number of hydrogen-bond donors (Lipinski definition) is 11. The minimum Gasteiger partial charge on any atom is -0.485 e. The van der Waals surface area contributed by atoms with Gasteiger partial charge in [-0.1, -0.05) is 53.5 Å². The maximum absolute atomic E-state index is 13.9. The van der Waals surface area contributed by atoms with Crippen molar-refractivity contribution in [3.05, 3.63) is 36.1 Å². The molecule has 9 aliphatic rings. The van der Waals surface area contributed by atoms with Gasteiger partial charge >= 0.3 is 5.97 Å². The number of nitrogens with two attached hydrogens (primary N) is 1. The fourth-order valence-electron chi connectivity index (χ4n) is 18.1. The number of fused-ring (bicyclic) bond motifs is 12. The van der Waals surface area contributed by atoms with Crippen LogP contribution in [-0.2, 0) is 20.7 Å². The molecule has 12 N–H and O–H groups in total. The highest BCUT2D eigenvalue weighted by atomic mass is 33.1. The Morgan fingerprint density at radius 2 is 1.80 bits per heavy atom. The van der Waals surface area contributed by atoms with Crippen molar-refractivity contribution >= 4 is 44.5 Å². The summed E-state index contributed by atoms with van der Waals surface area (Å²) in [4.78, 5) is 17.3. The van der Waals surface area contributed by atoms with Gasteiger partial charge in [0.05, 0.1) is 30.7 Å². The smallest absolute Gasteiger partial charge is 0.306 e. The Balaban J connectivity index is 1.06. The maximum atomic E-state index is 13.9. The standard InChI is InChI=1S/C61H93N5O13S2/c1-5-75-48(70)16-12-36-29-37-20-27-76-50(37)52-51(36)78-54-61(74)49-39(11-14-44(68)42(49)33-67)31-59(73,53(61)71)60(79-54)34-80-81-58(46(65-26-28-77-52)15-9-35(2)7-6-8-47(60)69)25-24-56(30-38-10-13-43(63-3)41(38)32-56)45(58)19-23-57(72)21-17-40(18-22-57)66-55(62)64-4/h11,14,20,27,29,35,38-47,49,53-54,63,65,67-69,71-74H,5-10,12-13,15-19,21-26,28,30-34H2,1-4H3,(H3,62,64,66). The van der Waals surface area contributed by atoms with Crippen molar-refractivity contribution in [3.8, 4) is 11.5 Å². The van der Waals surface area contributed by atoms with E-state index < -0.39 is 82.1 Å². The largest absolute Gasteiger partial charge is 0.485 e. The number of hydrogen-bond acceptors (Lipinski definition) is 18. The second kappa shape index (κ2) is 23.8. The summed E-state index contributed by atoms with van der Waals surface area (Å²) >= 11 is 0. The van der Waals surface area contributed by atoms with Gasteiger partial charge in [-0.25, -0.2) is 0 Å². The van der Waals surface area contributed by atoms with E-state index in [-0.39, 0.29) is 85.5 Å². The van der Waals surface area contributed by atoms with Gasteiger partial charge in [0.2, 0.25) is 12.0 Å². The summed E-state index contributed by atoms with van der Waals surface area (Å²) in [7, 11) is 7.18. The number of nitrogens with zero attached hydrogens (tertiary/aromatic N) is 1. The van der Waals surface area contributed by atoms with E-state index in [1.165, 1.54) is 12.8 Å². The van der Waals surface area contributed by atoms with Crippen molar-refractivity contribution in [2.45, 2.75) is 212 Å². The monoisotopic (exact) mass is 1170 g/mol. The van der Waals surface area contributed by atoms with Crippen molar-refractivity contribution in [1.29, 1.82) is 0 Å². The average molecular weight is 1170 g/mol. The third-order valence-electron chi connectivity index (χ3n) is 22.3. The molecule has 18 unspecified atom stereocenters. The third kappa shape index (κ3) is 10.6. The molecule has 0 amide bonds. The Morgan fingerprint density at radius 3 is 2.57 bits per heavy atom. The summed E-state index contributed by atoms with van der Waals surface area (Å²) in [5.41, 5.74) is -0.665. The summed E-state index contributed by atoms with van der Waals surface area (Å²) < 4.78 is 32.7. The molecule has 20 heteroatoms. The molecule has 5 bridgehead atoms. The first-order valence-electron chi connectivity index (χ1n) is 30.8. The number of aliphatic hydroxyl groups is 7. The van der Waals surface area contributed by atoms with Crippen LogP contribution in [0.3, 0.4) is 0 Å². The molecule has 4 heterocycles. The fraction of sp³-hybridized carbons (Fsp3) is 0.803. The normalized spacial score (nSPS) is 44.6. The number of aryl methyl sites for hydroxylation is 1. The molecular weight excluding hydrogens is 1070 g/mol. The van der Waals surface area contributed by atoms with E-state index in [2.05, 4.69) is 34.9 Å². The van der Waals surface area contributed by atoms with E-state index >= 15 is 0 Å². The molecule has 6 aliphatic carbocycles. The zero-order chi connectivity index (χ0) is 57.1. The van der Waals surface area contributed by atoms with Crippen LogP contribution in [0.2, 0.25) is 0 Å². The van der Waals surface area contributed by atoms with E-state index in [1.807, 2.05) is 16.9 Å². The van der Waals surface area contributed by atoms with Gasteiger partial charge in [-0.3, -0.25) is 9.79 Å². The number of carbonyl (C=O) groups is 1.